The minimum Gasteiger partial charge on any atom is -0.385 e. The van der Waals surface area contributed by atoms with Gasteiger partial charge in [-0.2, -0.15) is 4.37 Å². The van der Waals surface area contributed by atoms with E-state index in [1.165, 1.54) is 0 Å². The first kappa shape index (κ1) is 12.0. The molecular formula is C8H14N4O2S. The molecule has 0 aliphatic carbocycles. The van der Waals surface area contributed by atoms with Gasteiger partial charge >= 0.3 is 0 Å². The van der Waals surface area contributed by atoms with E-state index in [1.807, 2.05) is 0 Å². The summed E-state index contributed by atoms with van der Waals surface area (Å²) in [4.78, 5) is 15.5. The van der Waals surface area contributed by atoms with Crippen molar-refractivity contribution in [3.63, 3.8) is 0 Å². The molecule has 0 radical (unpaired) electrons. The molecule has 1 aromatic heterocycles. The van der Waals surface area contributed by atoms with Crippen LogP contribution in [-0.2, 0) is 9.53 Å². The zero-order chi connectivity index (χ0) is 11.3. The second kappa shape index (κ2) is 5.74. The predicted molar refractivity (Wildman–Crippen MR) is 57.7 cm³/mol. The van der Waals surface area contributed by atoms with Crippen LogP contribution in [0.4, 0.5) is 5.13 Å². The number of anilines is 1. The molecule has 7 heteroatoms. The van der Waals surface area contributed by atoms with Crippen molar-refractivity contribution in [1.82, 2.24) is 9.36 Å². The van der Waals surface area contributed by atoms with Crippen LogP contribution >= 0.6 is 11.5 Å². The molecule has 0 saturated heterocycles. The maximum Gasteiger partial charge on any atom is 0.243 e. The smallest absolute Gasteiger partial charge is 0.243 e. The summed E-state index contributed by atoms with van der Waals surface area (Å²) in [5.41, 5.74) is 5.62. The van der Waals surface area contributed by atoms with E-state index in [2.05, 4.69) is 14.7 Å². The summed E-state index contributed by atoms with van der Waals surface area (Å²) in [5, 5.41) is 3.07. The minimum absolute atomic E-state index is 0.261. The molecule has 15 heavy (non-hydrogen) atoms. The van der Waals surface area contributed by atoms with Gasteiger partial charge in [0.25, 0.3) is 0 Å². The van der Waals surface area contributed by atoms with Gasteiger partial charge in [-0.25, -0.2) is 4.98 Å². The summed E-state index contributed by atoms with van der Waals surface area (Å²) in [6, 6.07) is -0.575. The number of hydrogen-bond acceptors (Lipinski definition) is 6. The lowest BCUT2D eigenvalue weighted by Crippen LogP contribution is -2.36. The molecule has 1 rings (SSSR count). The number of carbonyl (C=O) groups is 1. The van der Waals surface area contributed by atoms with Crippen LogP contribution in [0.3, 0.4) is 0 Å². The number of aromatic nitrogens is 2. The van der Waals surface area contributed by atoms with Crippen molar-refractivity contribution < 1.29 is 9.53 Å². The first-order valence-electron chi connectivity index (χ1n) is 4.49. The molecule has 1 heterocycles. The Hall–Kier alpha value is -1.05. The largest absolute Gasteiger partial charge is 0.385 e. The van der Waals surface area contributed by atoms with Crippen molar-refractivity contribution in [2.24, 2.45) is 5.73 Å². The van der Waals surface area contributed by atoms with E-state index in [0.29, 0.717) is 24.0 Å². The number of nitrogens with zero attached hydrogens (tertiary/aromatic N) is 2. The third-order valence-electron chi connectivity index (χ3n) is 1.73. The number of aryl methyl sites for hydroxylation is 1. The van der Waals surface area contributed by atoms with Crippen LogP contribution in [0, 0.1) is 6.92 Å². The van der Waals surface area contributed by atoms with Gasteiger partial charge in [0, 0.05) is 25.2 Å². The summed E-state index contributed by atoms with van der Waals surface area (Å²) >= 11 is 1.14. The quantitative estimate of drug-likeness (QED) is 0.751. The fraction of sp³-hybridized carbons (Fsp3) is 0.625. The van der Waals surface area contributed by atoms with Gasteiger partial charge in [-0.15, -0.1) is 0 Å². The van der Waals surface area contributed by atoms with Crippen molar-refractivity contribution in [2.45, 2.75) is 19.4 Å². The number of nitrogens with two attached hydrogens (primary N) is 1. The molecule has 1 amide bonds. The zero-order valence-corrected chi connectivity index (χ0v) is 9.50. The molecule has 1 aromatic rings. The van der Waals surface area contributed by atoms with Crippen LogP contribution in [0.5, 0.6) is 0 Å². The third-order valence-corrected chi connectivity index (χ3v) is 2.45. The molecular weight excluding hydrogens is 216 g/mol. The molecule has 0 saturated carbocycles. The molecule has 0 spiro atoms. The van der Waals surface area contributed by atoms with E-state index in [-0.39, 0.29) is 5.91 Å². The van der Waals surface area contributed by atoms with Gasteiger partial charge in [0.1, 0.15) is 5.82 Å². The lowest BCUT2D eigenvalue weighted by molar-refractivity contribution is -0.117. The molecule has 6 nitrogen and oxygen atoms in total. The summed E-state index contributed by atoms with van der Waals surface area (Å²) in [5.74, 6) is 0.379. The van der Waals surface area contributed by atoms with Gasteiger partial charge in [0.15, 0.2) is 0 Å². The number of carbonyl (C=O) groups excluding carboxylic acids is 1. The van der Waals surface area contributed by atoms with Gasteiger partial charge in [-0.05, 0) is 13.3 Å². The Kier molecular flexibility index (Phi) is 4.60. The number of methoxy groups -OCH3 is 1. The monoisotopic (exact) mass is 230 g/mol. The summed E-state index contributed by atoms with van der Waals surface area (Å²) in [6.45, 7) is 2.22. The highest BCUT2D eigenvalue weighted by atomic mass is 32.1. The van der Waals surface area contributed by atoms with Crippen LogP contribution in [0.1, 0.15) is 12.2 Å². The maximum atomic E-state index is 11.5. The second-order valence-electron chi connectivity index (χ2n) is 3.02. The molecule has 0 fully saturated rings. The van der Waals surface area contributed by atoms with Crippen LogP contribution in [-0.4, -0.2) is 35.0 Å². The standard InChI is InChI=1S/C8H14N4O2S/c1-5-10-8(15-12-5)11-7(13)6(9)3-4-14-2/h6H,3-4,9H2,1-2H3,(H,10,11,12,13). The molecule has 0 bridgehead atoms. The Morgan fingerprint density at radius 3 is 3.00 bits per heavy atom. The number of amides is 1. The molecule has 0 aromatic carbocycles. The minimum atomic E-state index is -0.575. The Labute approximate surface area is 92.0 Å². The number of ether oxygens (including phenoxy) is 1. The summed E-state index contributed by atoms with van der Waals surface area (Å²) < 4.78 is 8.77. The average Bonchev–Trinajstić information content (AvgIpc) is 2.60. The van der Waals surface area contributed by atoms with E-state index >= 15 is 0 Å². The van der Waals surface area contributed by atoms with Gasteiger partial charge in [-0.1, -0.05) is 0 Å². The van der Waals surface area contributed by atoms with Gasteiger partial charge in [0.2, 0.25) is 11.0 Å². The summed E-state index contributed by atoms with van der Waals surface area (Å²) in [6.07, 6.45) is 0.486. The molecule has 1 atom stereocenters. The van der Waals surface area contributed by atoms with Crippen LogP contribution in [0.15, 0.2) is 0 Å². The summed E-state index contributed by atoms with van der Waals surface area (Å²) in [7, 11) is 1.57. The fourth-order valence-corrected chi connectivity index (χ4v) is 1.50. The van der Waals surface area contributed by atoms with Crippen LogP contribution in [0.25, 0.3) is 0 Å². The number of hydrogen-bond donors (Lipinski definition) is 2. The van der Waals surface area contributed by atoms with E-state index in [0.717, 1.165) is 11.5 Å². The second-order valence-corrected chi connectivity index (χ2v) is 3.78. The van der Waals surface area contributed by atoms with E-state index in [1.54, 1.807) is 14.0 Å². The Balaban J connectivity index is 2.41. The van der Waals surface area contributed by atoms with Crippen molar-refractivity contribution in [3.05, 3.63) is 5.82 Å². The number of rotatable bonds is 5. The van der Waals surface area contributed by atoms with Gasteiger partial charge in [0.05, 0.1) is 6.04 Å². The highest BCUT2D eigenvalue weighted by molar-refractivity contribution is 7.09. The van der Waals surface area contributed by atoms with E-state index in [9.17, 15) is 4.79 Å². The first-order valence-corrected chi connectivity index (χ1v) is 5.26. The van der Waals surface area contributed by atoms with E-state index < -0.39 is 6.04 Å². The zero-order valence-electron chi connectivity index (χ0n) is 8.69. The van der Waals surface area contributed by atoms with Crippen molar-refractivity contribution in [1.29, 1.82) is 0 Å². The lowest BCUT2D eigenvalue weighted by Gasteiger charge is -2.09. The molecule has 84 valence electrons. The van der Waals surface area contributed by atoms with Crippen molar-refractivity contribution in [2.75, 3.05) is 19.0 Å². The molecule has 0 aliphatic rings. The average molecular weight is 230 g/mol. The highest BCUT2D eigenvalue weighted by Gasteiger charge is 2.14. The van der Waals surface area contributed by atoms with Gasteiger partial charge < -0.3 is 10.5 Å². The number of nitrogens with one attached hydrogen (secondary N) is 1. The topological polar surface area (TPSA) is 90.1 Å². The lowest BCUT2D eigenvalue weighted by atomic mass is 10.2. The van der Waals surface area contributed by atoms with Crippen LogP contribution in [0.2, 0.25) is 0 Å². The third kappa shape index (κ3) is 3.90. The van der Waals surface area contributed by atoms with Crippen molar-refractivity contribution in [3.8, 4) is 0 Å². The fourth-order valence-electron chi connectivity index (χ4n) is 0.922. The molecule has 0 aliphatic heterocycles. The normalized spacial score (nSPS) is 12.5. The Bertz CT molecular complexity index is 328. The van der Waals surface area contributed by atoms with Gasteiger partial charge in [-0.3, -0.25) is 10.1 Å². The maximum absolute atomic E-state index is 11.5. The highest BCUT2D eigenvalue weighted by Crippen LogP contribution is 2.10. The SMILES string of the molecule is COCCC(N)C(=O)Nc1nc(C)ns1. The Morgan fingerprint density at radius 1 is 1.73 bits per heavy atom. The van der Waals surface area contributed by atoms with Crippen molar-refractivity contribution >= 4 is 22.6 Å². The van der Waals surface area contributed by atoms with Crippen LogP contribution < -0.4 is 11.1 Å². The predicted octanol–water partition coefficient (Wildman–Crippen LogP) is 0.149. The molecule has 1 unspecified atom stereocenters. The molecule has 3 N–H and O–H groups in total. The Morgan fingerprint density at radius 2 is 2.47 bits per heavy atom. The first-order chi connectivity index (χ1) is 7.13. The van der Waals surface area contributed by atoms with E-state index in [4.69, 9.17) is 10.5 Å².